The molecule has 1 saturated heterocycles. The van der Waals surface area contributed by atoms with Crippen molar-refractivity contribution in [2.75, 3.05) is 18.0 Å². The summed E-state index contributed by atoms with van der Waals surface area (Å²) in [5, 5.41) is 1.08. The van der Waals surface area contributed by atoms with Gasteiger partial charge in [0.25, 0.3) is 0 Å². The zero-order valence-electron chi connectivity index (χ0n) is 18.0. The van der Waals surface area contributed by atoms with Crippen molar-refractivity contribution in [1.29, 1.82) is 0 Å². The van der Waals surface area contributed by atoms with Gasteiger partial charge in [-0.3, -0.25) is 4.40 Å². The number of aromatic nitrogens is 3. The van der Waals surface area contributed by atoms with Crippen LogP contribution in [0.25, 0.3) is 16.8 Å². The molecule has 2 aromatic carbocycles. The average molecular weight is 463 g/mol. The molecule has 32 heavy (non-hydrogen) atoms. The summed E-state index contributed by atoms with van der Waals surface area (Å²) in [6, 6.07) is 14.6. The van der Waals surface area contributed by atoms with Crippen molar-refractivity contribution in [1.82, 2.24) is 14.4 Å². The van der Waals surface area contributed by atoms with Gasteiger partial charge in [0.15, 0.2) is 0 Å². The molecule has 1 fully saturated rings. The van der Waals surface area contributed by atoms with E-state index in [9.17, 15) is 0 Å². The molecule has 0 amide bonds. The summed E-state index contributed by atoms with van der Waals surface area (Å²) in [5.41, 5.74) is 7.06. The van der Waals surface area contributed by atoms with Gasteiger partial charge in [-0.05, 0) is 55.2 Å². The Balaban J connectivity index is 1.34. The first kappa shape index (κ1) is 20.1. The van der Waals surface area contributed by atoms with E-state index in [0.29, 0.717) is 15.5 Å². The molecular weight excluding hydrogens is 439 g/mol. The minimum Gasteiger partial charge on any atom is -0.342 e. The van der Waals surface area contributed by atoms with Crippen molar-refractivity contribution in [2.45, 2.75) is 32.6 Å². The highest BCUT2D eigenvalue weighted by atomic mass is 35.5. The fourth-order valence-corrected chi connectivity index (χ4v) is 6.01. The Bertz CT molecular complexity index is 1310. The molecule has 6 rings (SSSR count). The van der Waals surface area contributed by atoms with Crippen molar-refractivity contribution in [3.8, 4) is 11.1 Å². The lowest BCUT2D eigenvalue weighted by Crippen LogP contribution is -2.41. The monoisotopic (exact) mass is 462 g/mol. The molecule has 2 aliphatic rings. The molecule has 0 atom stereocenters. The lowest BCUT2D eigenvalue weighted by Gasteiger charge is -2.40. The Hall–Kier alpha value is -2.56. The molecule has 0 unspecified atom stereocenters. The van der Waals surface area contributed by atoms with E-state index in [2.05, 4.69) is 38.6 Å². The standard InChI is InChI=1S/C26H24Cl2N4/c1-17-22(20-7-4-8-21(27)23(20)28)24-29-11-14-32(24)25(30-17)31-12-9-26(10-13-31)15-18-5-2-3-6-19(18)16-26/h2-8,11,14H,9-10,12-13,15-16H2,1H3. The molecule has 3 heterocycles. The minimum absolute atomic E-state index is 0.400. The van der Waals surface area contributed by atoms with Crippen LogP contribution < -0.4 is 4.90 Å². The Morgan fingerprint density at radius 1 is 0.938 bits per heavy atom. The van der Waals surface area contributed by atoms with E-state index in [0.717, 1.165) is 41.5 Å². The Labute approximate surface area is 197 Å². The molecular formula is C26H24Cl2N4. The van der Waals surface area contributed by atoms with Crippen molar-refractivity contribution < 1.29 is 0 Å². The Morgan fingerprint density at radius 3 is 2.38 bits per heavy atom. The molecule has 0 N–H and O–H groups in total. The van der Waals surface area contributed by atoms with E-state index in [1.54, 1.807) is 6.07 Å². The van der Waals surface area contributed by atoms with Crippen LogP contribution in [0.15, 0.2) is 54.9 Å². The van der Waals surface area contributed by atoms with Gasteiger partial charge < -0.3 is 4.90 Å². The molecule has 6 heteroatoms. The Kier molecular flexibility index (Phi) is 4.70. The number of rotatable bonds is 2. The first-order valence-corrected chi connectivity index (χ1v) is 11.9. The smallest absolute Gasteiger partial charge is 0.211 e. The second-order valence-corrected chi connectivity index (χ2v) is 9.99. The molecule has 162 valence electrons. The topological polar surface area (TPSA) is 33.4 Å². The van der Waals surface area contributed by atoms with Crippen molar-refractivity contribution in [2.24, 2.45) is 5.41 Å². The third-order valence-electron chi connectivity index (χ3n) is 7.29. The van der Waals surface area contributed by atoms with Crippen LogP contribution in [0, 0.1) is 12.3 Å². The summed E-state index contributed by atoms with van der Waals surface area (Å²) >= 11 is 12.9. The van der Waals surface area contributed by atoms with E-state index >= 15 is 0 Å². The Morgan fingerprint density at radius 2 is 1.66 bits per heavy atom. The highest BCUT2D eigenvalue weighted by Crippen LogP contribution is 2.45. The number of hydrogen-bond donors (Lipinski definition) is 0. The number of nitrogens with zero attached hydrogens (tertiary/aromatic N) is 4. The number of piperidine rings is 1. The van der Waals surface area contributed by atoms with Crippen molar-refractivity contribution in [3.05, 3.63) is 81.7 Å². The molecule has 4 aromatic rings. The van der Waals surface area contributed by atoms with E-state index in [-0.39, 0.29) is 0 Å². The predicted molar refractivity (Wildman–Crippen MR) is 131 cm³/mol. The molecule has 0 radical (unpaired) electrons. The van der Waals surface area contributed by atoms with Gasteiger partial charge in [0.1, 0.15) is 5.65 Å². The number of aryl methyl sites for hydroxylation is 1. The van der Waals surface area contributed by atoms with Gasteiger partial charge in [-0.2, -0.15) is 0 Å². The number of benzene rings is 2. The zero-order chi connectivity index (χ0) is 21.9. The quantitative estimate of drug-likeness (QED) is 0.345. The predicted octanol–water partition coefficient (Wildman–Crippen LogP) is 6.40. The van der Waals surface area contributed by atoms with Crippen LogP contribution in [0.3, 0.4) is 0 Å². The zero-order valence-corrected chi connectivity index (χ0v) is 19.5. The lowest BCUT2D eigenvalue weighted by atomic mass is 9.76. The first-order chi connectivity index (χ1) is 15.5. The van der Waals surface area contributed by atoms with Crippen LogP contribution in [0.5, 0.6) is 0 Å². The number of halogens is 2. The summed E-state index contributed by atoms with van der Waals surface area (Å²) in [6.45, 7) is 4.04. The lowest BCUT2D eigenvalue weighted by molar-refractivity contribution is 0.231. The van der Waals surface area contributed by atoms with E-state index < -0.39 is 0 Å². The van der Waals surface area contributed by atoms with Crippen molar-refractivity contribution in [3.63, 3.8) is 0 Å². The van der Waals surface area contributed by atoms with E-state index in [1.807, 2.05) is 31.5 Å². The summed E-state index contributed by atoms with van der Waals surface area (Å²) in [5.74, 6) is 0.960. The molecule has 0 bridgehead atoms. The van der Waals surface area contributed by atoms with Crippen LogP contribution in [0.1, 0.15) is 29.7 Å². The fourth-order valence-electron chi connectivity index (χ4n) is 5.61. The van der Waals surface area contributed by atoms with Crippen LogP contribution in [-0.4, -0.2) is 27.5 Å². The van der Waals surface area contributed by atoms with Gasteiger partial charge in [0.2, 0.25) is 5.95 Å². The van der Waals surface area contributed by atoms with E-state index in [1.165, 1.54) is 36.8 Å². The summed E-state index contributed by atoms with van der Waals surface area (Å²) in [6.07, 6.45) is 8.60. The summed E-state index contributed by atoms with van der Waals surface area (Å²) in [4.78, 5) is 12.1. The second-order valence-electron chi connectivity index (χ2n) is 9.20. The first-order valence-electron chi connectivity index (χ1n) is 11.1. The maximum Gasteiger partial charge on any atom is 0.211 e. The maximum atomic E-state index is 6.56. The number of hydrogen-bond acceptors (Lipinski definition) is 3. The molecule has 1 spiro atoms. The van der Waals surface area contributed by atoms with Gasteiger partial charge in [0, 0.05) is 36.6 Å². The molecule has 1 aliphatic heterocycles. The molecule has 1 aliphatic carbocycles. The number of fused-ring (bicyclic) bond motifs is 2. The third-order valence-corrected chi connectivity index (χ3v) is 8.11. The largest absolute Gasteiger partial charge is 0.342 e. The van der Waals surface area contributed by atoms with Gasteiger partial charge >= 0.3 is 0 Å². The molecule has 2 aromatic heterocycles. The number of anilines is 1. The minimum atomic E-state index is 0.400. The van der Waals surface area contributed by atoms with Gasteiger partial charge in [-0.25, -0.2) is 9.97 Å². The summed E-state index contributed by atoms with van der Waals surface area (Å²) in [7, 11) is 0. The fraction of sp³-hybridized carbons (Fsp3) is 0.308. The van der Waals surface area contributed by atoms with Crippen LogP contribution in [0.2, 0.25) is 10.0 Å². The van der Waals surface area contributed by atoms with E-state index in [4.69, 9.17) is 28.2 Å². The third kappa shape index (κ3) is 3.12. The summed E-state index contributed by atoms with van der Waals surface area (Å²) < 4.78 is 2.10. The van der Waals surface area contributed by atoms with Gasteiger partial charge in [-0.1, -0.05) is 59.6 Å². The maximum absolute atomic E-state index is 6.56. The average Bonchev–Trinajstić information content (AvgIpc) is 3.41. The van der Waals surface area contributed by atoms with Crippen LogP contribution in [0.4, 0.5) is 5.95 Å². The highest BCUT2D eigenvalue weighted by Gasteiger charge is 2.40. The van der Waals surface area contributed by atoms with Gasteiger partial charge in [0.05, 0.1) is 15.7 Å². The van der Waals surface area contributed by atoms with Crippen molar-refractivity contribution >= 4 is 34.8 Å². The normalized spacial score (nSPS) is 17.3. The van der Waals surface area contributed by atoms with Crippen LogP contribution >= 0.6 is 23.2 Å². The molecule has 4 nitrogen and oxygen atoms in total. The van der Waals surface area contributed by atoms with Crippen LogP contribution in [-0.2, 0) is 12.8 Å². The van der Waals surface area contributed by atoms with Gasteiger partial charge in [-0.15, -0.1) is 0 Å². The molecule has 0 saturated carbocycles. The SMILES string of the molecule is Cc1nc(N2CCC3(CC2)Cc2ccccc2C3)n2ccnc2c1-c1cccc(Cl)c1Cl. The second kappa shape index (κ2) is 7.50. The highest BCUT2D eigenvalue weighted by molar-refractivity contribution is 6.43. The number of imidazole rings is 1.